The van der Waals surface area contributed by atoms with E-state index in [1.807, 2.05) is 158 Å². The Morgan fingerprint density at radius 1 is 0.484 bits per heavy atom. The summed E-state index contributed by atoms with van der Waals surface area (Å²) in [5.41, 5.74) is 12.4. The van der Waals surface area contributed by atoms with Crippen LogP contribution in [0.2, 0.25) is 0 Å². The zero-order valence-electron chi connectivity index (χ0n) is 34.9. The largest absolute Gasteiger partial charge is 0.673 e. The summed E-state index contributed by atoms with van der Waals surface area (Å²) >= 11 is 1.14. The predicted octanol–water partition coefficient (Wildman–Crippen LogP) is 11.2. The molecular weight excluding hydrogens is 855 g/mol. The van der Waals surface area contributed by atoms with Gasteiger partial charge in [0.05, 0.1) is 34.2 Å². The molecule has 0 atom stereocenters. The third-order valence-electron chi connectivity index (χ3n) is 7.45. The number of hydrogen-bond acceptors (Lipinski definition) is 11. The van der Waals surface area contributed by atoms with Crippen molar-refractivity contribution in [2.24, 2.45) is 0 Å². The molecule has 0 fully saturated rings. The maximum atomic E-state index is 9.75. The van der Waals surface area contributed by atoms with Crippen molar-refractivity contribution in [1.82, 2.24) is 29.9 Å². The molecule has 0 amide bonds. The van der Waals surface area contributed by atoms with Gasteiger partial charge in [-0.05, 0) is 117 Å². The number of nitrogens with zero attached hydrogens (tertiary/aromatic N) is 10. The molecule has 6 aromatic heterocycles. The topological polar surface area (TPSA) is 172 Å². The molecule has 0 aliphatic rings. The maximum Gasteiger partial charge on any atom is 0.673 e. The molecule has 0 radical (unpaired) electrons. The van der Waals surface area contributed by atoms with E-state index in [4.69, 9.17) is 21.0 Å². The average molecular weight is 897 g/mol. The number of nitriles is 4. The van der Waals surface area contributed by atoms with Gasteiger partial charge in [0.2, 0.25) is 29.2 Å². The molecule has 62 heavy (non-hydrogen) atoms. The molecule has 0 unspecified atom stereocenters. The second-order valence-corrected chi connectivity index (χ2v) is 14.1. The van der Waals surface area contributed by atoms with E-state index >= 15 is 0 Å². The van der Waals surface area contributed by atoms with E-state index in [-0.39, 0.29) is 33.5 Å². The summed E-state index contributed by atoms with van der Waals surface area (Å²) in [5.74, 6) is 0.407. The van der Waals surface area contributed by atoms with Crippen molar-refractivity contribution < 1.29 is 34.3 Å². The minimum atomic E-state index is -6.00. The molecule has 10 nitrogen and oxygen atoms in total. The van der Waals surface area contributed by atoms with Gasteiger partial charge in [-0.1, -0.05) is 55.1 Å². The van der Waals surface area contributed by atoms with Crippen LogP contribution in [0, 0.1) is 92.8 Å². The second-order valence-electron chi connectivity index (χ2n) is 12.8. The number of aromatic nitrogens is 6. The van der Waals surface area contributed by atoms with Gasteiger partial charge in [-0.25, -0.2) is 0 Å². The Kier molecular flexibility index (Phi) is 23.8. The molecule has 0 spiro atoms. The molecule has 0 bridgehead atoms. The second kappa shape index (κ2) is 27.8. The van der Waals surface area contributed by atoms with Gasteiger partial charge in [0.1, 0.15) is 0 Å². The van der Waals surface area contributed by atoms with Gasteiger partial charge < -0.3 is 17.3 Å². The van der Waals surface area contributed by atoms with Gasteiger partial charge in [-0.3, -0.25) is 29.9 Å². The number of aryl methyl sites for hydroxylation is 6. The summed E-state index contributed by atoms with van der Waals surface area (Å²) in [4.78, 5) is 26.1. The number of pyridine rings is 6. The summed E-state index contributed by atoms with van der Waals surface area (Å²) in [6, 6.07) is 30.9. The van der Waals surface area contributed by atoms with Gasteiger partial charge in [-0.15, -0.1) is 0 Å². The number of thioether (sulfide) groups is 1. The van der Waals surface area contributed by atoms with Crippen LogP contribution in [0.25, 0.3) is 34.2 Å². The van der Waals surface area contributed by atoms with E-state index in [0.717, 1.165) is 45.9 Å². The van der Waals surface area contributed by atoms with E-state index in [1.54, 1.807) is 24.3 Å². The normalized spacial score (nSPS) is 9.47. The van der Waals surface area contributed by atoms with Gasteiger partial charge >= 0.3 is 7.25 Å². The van der Waals surface area contributed by atoms with Crippen LogP contribution >= 0.6 is 11.8 Å². The molecule has 0 saturated carbocycles. The zero-order chi connectivity index (χ0) is 45.4. The quantitative estimate of drug-likeness (QED) is 0.0674. The van der Waals surface area contributed by atoms with Crippen LogP contribution < -0.4 is 0 Å². The van der Waals surface area contributed by atoms with Crippen molar-refractivity contribution in [3.8, 4) is 58.4 Å². The Labute approximate surface area is 375 Å². The van der Waals surface area contributed by atoms with Crippen LogP contribution in [-0.2, 0) is 17.1 Å². The predicted molar refractivity (Wildman–Crippen MR) is 232 cm³/mol. The van der Waals surface area contributed by atoms with Crippen LogP contribution in [0.4, 0.5) is 17.3 Å². The SMILES string of the molecule is CCSC(=C(C#N)C#N)[C+](C#N)C#N.Cc1ccc(-c2ccc(C)cn2)nc1.Cc1ccc(-c2ccc(C)cn2)nc1.Cc1ccc(-c2ccc(C)cn2)nc1.F[B-](F)(F)F.[Fe]. The molecule has 17 heteroatoms. The number of rotatable bonds is 6. The standard InChI is InChI=1S/3C12H12N2.C9H5N4S.BF4.Fe/c3*1-9-3-5-11(13-7-9)12-6-4-10(2)8-14-12;1-2-14-9(7(3-10)4-11)8(5-12)6-13;2-1(3,4)5;/h3*3-8H,1-2H3;2H2,1H3;;/q;;;+1;-1;. The van der Waals surface area contributed by atoms with Crippen LogP contribution in [0.15, 0.2) is 120 Å². The molecule has 6 rings (SSSR count). The number of allylic oxidation sites excluding steroid dienone is 2. The van der Waals surface area contributed by atoms with Crippen LogP contribution in [0.3, 0.4) is 0 Å². The first-order valence-corrected chi connectivity index (χ1v) is 19.3. The van der Waals surface area contributed by atoms with E-state index in [1.165, 1.54) is 33.4 Å². The Morgan fingerprint density at radius 2 is 0.694 bits per heavy atom. The molecule has 0 aliphatic heterocycles. The first-order valence-electron chi connectivity index (χ1n) is 18.3. The monoisotopic (exact) mass is 896 g/mol. The third-order valence-corrected chi connectivity index (χ3v) is 8.43. The molecule has 0 N–H and O–H groups in total. The van der Waals surface area contributed by atoms with E-state index in [9.17, 15) is 17.3 Å². The van der Waals surface area contributed by atoms with Crippen molar-refractivity contribution in [3.05, 3.63) is 160 Å². The summed E-state index contributed by atoms with van der Waals surface area (Å²) in [6.07, 6.45) is 11.1. The van der Waals surface area contributed by atoms with Crippen LogP contribution in [0.1, 0.15) is 40.3 Å². The van der Waals surface area contributed by atoms with Crippen molar-refractivity contribution >= 4 is 19.0 Å². The fourth-order valence-electron chi connectivity index (χ4n) is 4.38. The van der Waals surface area contributed by atoms with E-state index in [2.05, 4.69) is 29.9 Å². The average Bonchev–Trinajstić information content (AvgIpc) is 3.24. The minimum absolute atomic E-state index is 0. The summed E-state index contributed by atoms with van der Waals surface area (Å²) in [6.45, 7) is 14.0. The Hall–Kier alpha value is -6.88. The van der Waals surface area contributed by atoms with Gasteiger partial charge in [-0.2, -0.15) is 21.0 Å². The van der Waals surface area contributed by atoms with E-state index in [0.29, 0.717) is 5.75 Å². The Balaban J connectivity index is 0.000000396. The Morgan fingerprint density at radius 3 is 0.823 bits per heavy atom. The molecule has 0 aromatic carbocycles. The number of halogens is 4. The van der Waals surface area contributed by atoms with Crippen LogP contribution in [-0.4, -0.2) is 42.9 Å². The first-order chi connectivity index (χ1) is 29.0. The molecule has 6 aromatic rings. The summed E-state index contributed by atoms with van der Waals surface area (Å²) in [5, 5.41) is 34.3. The zero-order valence-corrected chi connectivity index (χ0v) is 36.8. The smallest absolute Gasteiger partial charge is 0.418 e. The summed E-state index contributed by atoms with van der Waals surface area (Å²) < 4.78 is 39.0. The van der Waals surface area contributed by atoms with Crippen molar-refractivity contribution in [2.45, 2.75) is 48.5 Å². The van der Waals surface area contributed by atoms with Crippen LogP contribution in [0.5, 0.6) is 0 Å². The van der Waals surface area contributed by atoms with Gasteiger partial charge in [0, 0.05) is 54.2 Å². The molecule has 0 saturated heterocycles. The third kappa shape index (κ3) is 20.4. The van der Waals surface area contributed by atoms with Gasteiger partial charge in [0.15, 0.2) is 0 Å². The number of hydrogen-bond donors (Lipinski definition) is 0. The van der Waals surface area contributed by atoms with Crippen molar-refractivity contribution in [1.29, 1.82) is 21.0 Å². The first kappa shape index (κ1) is 53.1. The Bertz CT molecular complexity index is 2090. The van der Waals surface area contributed by atoms with E-state index < -0.39 is 7.25 Å². The molecule has 0 aliphatic carbocycles. The van der Waals surface area contributed by atoms with Crippen molar-refractivity contribution in [3.63, 3.8) is 0 Å². The fourth-order valence-corrected chi connectivity index (χ4v) is 5.14. The molecule has 316 valence electrons. The minimum Gasteiger partial charge on any atom is -0.418 e. The van der Waals surface area contributed by atoms with Crippen molar-refractivity contribution in [2.75, 3.05) is 5.75 Å². The molecular formula is C45H41BF4FeN10S. The maximum absolute atomic E-state index is 9.75. The molecule has 6 heterocycles. The van der Waals surface area contributed by atoms with Gasteiger partial charge in [0.25, 0.3) is 11.5 Å². The summed E-state index contributed by atoms with van der Waals surface area (Å²) in [7, 11) is -6.00. The fraction of sp³-hybridized carbons (Fsp3) is 0.178.